The average Bonchev–Trinajstić information content (AvgIpc) is 2.99. The summed E-state index contributed by atoms with van der Waals surface area (Å²) in [5, 5.41) is 0.636. The number of sulfone groups is 1. The van der Waals surface area contributed by atoms with Gasteiger partial charge in [0.2, 0.25) is 0 Å². The second-order valence-corrected chi connectivity index (χ2v) is 8.51. The number of fused-ring (bicyclic) bond motifs is 1. The van der Waals surface area contributed by atoms with E-state index in [2.05, 4.69) is 4.99 Å². The molecule has 3 rings (SSSR count). The van der Waals surface area contributed by atoms with Crippen LogP contribution in [0.2, 0.25) is 0 Å². The fourth-order valence-electron chi connectivity index (χ4n) is 2.67. The van der Waals surface area contributed by atoms with Crippen molar-refractivity contribution in [2.24, 2.45) is 4.99 Å². The number of hydrogen-bond donors (Lipinski definition) is 0. The molecule has 1 amide bonds. The van der Waals surface area contributed by atoms with Gasteiger partial charge in [0.15, 0.2) is 15.0 Å². The molecule has 0 bridgehead atoms. The highest BCUT2D eigenvalue weighted by Crippen LogP contribution is 2.37. The van der Waals surface area contributed by atoms with Crippen molar-refractivity contribution >= 4 is 32.7 Å². The van der Waals surface area contributed by atoms with E-state index in [4.69, 9.17) is 4.74 Å². The van der Waals surface area contributed by atoms with Gasteiger partial charge in [-0.1, -0.05) is 11.8 Å². The van der Waals surface area contributed by atoms with Gasteiger partial charge in [-0.15, -0.1) is 0 Å². The van der Waals surface area contributed by atoms with Crippen LogP contribution >= 0.6 is 11.8 Å². The molecule has 3 fully saturated rings. The second kappa shape index (κ2) is 4.75. The fraction of sp³-hybridized carbons (Fsp3) is 0.818. The summed E-state index contributed by atoms with van der Waals surface area (Å²) >= 11 is 1.40. The molecule has 0 aliphatic carbocycles. The lowest BCUT2D eigenvalue weighted by molar-refractivity contribution is -0.126. The van der Waals surface area contributed by atoms with Gasteiger partial charge in [0, 0.05) is 18.9 Å². The van der Waals surface area contributed by atoms with Crippen LogP contribution in [0.5, 0.6) is 0 Å². The van der Waals surface area contributed by atoms with E-state index in [1.165, 1.54) is 11.8 Å². The molecule has 3 aliphatic rings. The minimum Gasteiger partial charge on any atom is -0.368 e. The zero-order valence-electron chi connectivity index (χ0n) is 10.6. The van der Waals surface area contributed by atoms with Crippen molar-refractivity contribution < 1.29 is 17.9 Å². The van der Waals surface area contributed by atoms with Crippen LogP contribution in [-0.4, -0.2) is 66.9 Å². The third-order valence-electron chi connectivity index (χ3n) is 3.74. The molecule has 8 heteroatoms. The molecule has 106 valence electrons. The predicted molar refractivity (Wildman–Crippen MR) is 73.0 cm³/mol. The van der Waals surface area contributed by atoms with E-state index < -0.39 is 15.9 Å². The van der Waals surface area contributed by atoms with E-state index in [-0.39, 0.29) is 28.7 Å². The van der Waals surface area contributed by atoms with E-state index in [1.54, 1.807) is 7.05 Å². The van der Waals surface area contributed by atoms with Crippen LogP contribution < -0.4 is 0 Å². The lowest BCUT2D eigenvalue weighted by atomic mass is 10.2. The zero-order valence-corrected chi connectivity index (χ0v) is 12.2. The number of thioether (sulfide) groups is 1. The summed E-state index contributed by atoms with van der Waals surface area (Å²) in [4.78, 5) is 17.9. The van der Waals surface area contributed by atoms with Crippen LogP contribution in [0.15, 0.2) is 4.99 Å². The zero-order chi connectivity index (χ0) is 13.6. The van der Waals surface area contributed by atoms with Crippen LogP contribution in [0, 0.1) is 0 Å². The highest BCUT2D eigenvalue weighted by Gasteiger charge is 2.47. The molecule has 0 radical (unpaired) electrons. The molecule has 3 unspecified atom stereocenters. The minimum atomic E-state index is -2.93. The Kier molecular flexibility index (Phi) is 3.34. The van der Waals surface area contributed by atoms with Crippen molar-refractivity contribution in [2.45, 2.75) is 30.2 Å². The molecule has 3 saturated heterocycles. The van der Waals surface area contributed by atoms with Gasteiger partial charge < -0.3 is 9.64 Å². The molecule has 3 heterocycles. The number of nitrogens with zero attached hydrogens (tertiary/aromatic N) is 2. The van der Waals surface area contributed by atoms with Crippen molar-refractivity contribution in [2.75, 3.05) is 25.2 Å². The Morgan fingerprint density at radius 3 is 2.89 bits per heavy atom. The van der Waals surface area contributed by atoms with Crippen LogP contribution in [0.4, 0.5) is 0 Å². The highest BCUT2D eigenvalue weighted by molar-refractivity contribution is 8.15. The lowest BCUT2D eigenvalue weighted by Gasteiger charge is -2.18. The minimum absolute atomic E-state index is 0.00560. The van der Waals surface area contributed by atoms with Crippen LogP contribution in [-0.2, 0) is 19.4 Å². The number of hydrogen-bond acceptors (Lipinski definition) is 5. The molecular weight excluding hydrogens is 288 g/mol. The molecule has 0 spiro atoms. The van der Waals surface area contributed by atoms with Crippen molar-refractivity contribution in [3.8, 4) is 0 Å². The lowest BCUT2D eigenvalue weighted by Crippen LogP contribution is -2.34. The first-order valence-electron chi connectivity index (χ1n) is 6.30. The molecule has 6 nitrogen and oxygen atoms in total. The Balaban J connectivity index is 1.73. The summed E-state index contributed by atoms with van der Waals surface area (Å²) < 4.78 is 28.4. The normalized spacial score (nSPS) is 38.9. The third-order valence-corrected chi connectivity index (χ3v) is 7.04. The number of amides is 1. The molecule has 3 atom stereocenters. The second-order valence-electron chi connectivity index (χ2n) is 5.15. The van der Waals surface area contributed by atoms with Gasteiger partial charge >= 0.3 is 0 Å². The van der Waals surface area contributed by atoms with Gasteiger partial charge in [0.05, 0.1) is 17.5 Å². The Labute approximate surface area is 116 Å². The molecule has 3 aliphatic heterocycles. The Hall–Kier alpha value is -0.600. The molecule has 0 N–H and O–H groups in total. The van der Waals surface area contributed by atoms with Gasteiger partial charge in [-0.05, 0) is 12.8 Å². The first-order valence-corrected chi connectivity index (χ1v) is 9.00. The maximum Gasteiger partial charge on any atom is 0.277 e. The maximum atomic E-state index is 11.9. The Morgan fingerprint density at radius 1 is 1.47 bits per heavy atom. The average molecular weight is 304 g/mol. The van der Waals surface area contributed by atoms with E-state index in [9.17, 15) is 13.2 Å². The van der Waals surface area contributed by atoms with Crippen molar-refractivity contribution in [1.82, 2.24) is 4.90 Å². The Bertz CT molecular complexity index is 525. The maximum absolute atomic E-state index is 11.9. The number of carbonyl (C=O) groups is 1. The number of rotatable bonds is 1. The molecular formula is C11H16N2O4S2. The van der Waals surface area contributed by atoms with Crippen molar-refractivity contribution in [3.05, 3.63) is 0 Å². The smallest absolute Gasteiger partial charge is 0.277 e. The van der Waals surface area contributed by atoms with E-state index in [0.717, 1.165) is 12.8 Å². The van der Waals surface area contributed by atoms with Gasteiger partial charge in [-0.25, -0.2) is 8.42 Å². The summed E-state index contributed by atoms with van der Waals surface area (Å²) in [6, 6.07) is -0.0500. The summed E-state index contributed by atoms with van der Waals surface area (Å²) in [5.41, 5.74) is 0. The predicted octanol–water partition coefficient (Wildman–Crippen LogP) is -0.108. The molecule has 19 heavy (non-hydrogen) atoms. The summed E-state index contributed by atoms with van der Waals surface area (Å²) in [6.07, 6.45) is 1.21. The quantitative estimate of drug-likeness (QED) is 0.673. The number of aliphatic imine (C=N–C) groups is 1. The SMILES string of the molecule is CN1C(=NC(=O)C2CCCO2)SC2CS(=O)(=O)CC21. The van der Waals surface area contributed by atoms with Crippen LogP contribution in [0.3, 0.4) is 0 Å². The summed E-state index contributed by atoms with van der Waals surface area (Å²) in [7, 11) is -1.13. The summed E-state index contributed by atoms with van der Waals surface area (Å²) in [6.45, 7) is 0.619. The first-order chi connectivity index (χ1) is 8.96. The summed E-state index contributed by atoms with van der Waals surface area (Å²) in [5.74, 6) is 0.100. The van der Waals surface area contributed by atoms with Gasteiger partial charge in [-0.3, -0.25) is 4.79 Å². The van der Waals surface area contributed by atoms with Gasteiger partial charge in [-0.2, -0.15) is 4.99 Å². The molecule has 0 aromatic heterocycles. The topological polar surface area (TPSA) is 76.0 Å². The molecule has 0 aromatic rings. The Morgan fingerprint density at radius 2 is 2.26 bits per heavy atom. The number of ether oxygens (including phenoxy) is 1. The van der Waals surface area contributed by atoms with Crippen LogP contribution in [0.1, 0.15) is 12.8 Å². The van der Waals surface area contributed by atoms with Crippen molar-refractivity contribution in [3.63, 3.8) is 0 Å². The molecule has 0 saturated carbocycles. The van der Waals surface area contributed by atoms with Gasteiger partial charge in [0.1, 0.15) is 6.10 Å². The van der Waals surface area contributed by atoms with Gasteiger partial charge in [0.25, 0.3) is 5.91 Å². The van der Waals surface area contributed by atoms with E-state index in [1.807, 2.05) is 4.90 Å². The van der Waals surface area contributed by atoms with Crippen LogP contribution in [0.25, 0.3) is 0 Å². The van der Waals surface area contributed by atoms with Crippen molar-refractivity contribution in [1.29, 1.82) is 0 Å². The first kappa shape index (κ1) is 13.4. The molecule has 0 aromatic carbocycles. The largest absolute Gasteiger partial charge is 0.368 e. The fourth-order valence-corrected chi connectivity index (χ4v) is 6.68. The number of carbonyl (C=O) groups excluding carboxylic acids is 1. The highest BCUT2D eigenvalue weighted by atomic mass is 32.2. The third kappa shape index (κ3) is 2.53. The van der Waals surface area contributed by atoms with E-state index in [0.29, 0.717) is 11.8 Å². The monoisotopic (exact) mass is 304 g/mol. The number of amidine groups is 1. The standard InChI is InChI=1S/C11H16N2O4S2/c1-13-7-5-19(15,16)6-9(7)18-11(13)12-10(14)8-3-2-4-17-8/h7-9H,2-6H2,1H3. The van der Waals surface area contributed by atoms with E-state index >= 15 is 0 Å².